The van der Waals surface area contributed by atoms with E-state index in [0.29, 0.717) is 5.39 Å². The van der Waals surface area contributed by atoms with Crippen LogP contribution in [-0.2, 0) is 0 Å². The van der Waals surface area contributed by atoms with Gasteiger partial charge in [0.1, 0.15) is 0 Å². The molecular weight excluding hydrogens is 196 g/mol. The zero-order valence-electron chi connectivity index (χ0n) is 7.64. The molecule has 0 amide bonds. The SMILES string of the molecule is O=c1ccccc2cc(O)c(O)c(O)c12. The van der Waals surface area contributed by atoms with Crippen LogP contribution in [0.2, 0.25) is 0 Å². The van der Waals surface area contributed by atoms with E-state index in [1.807, 2.05) is 0 Å². The first-order valence-electron chi connectivity index (χ1n) is 4.28. The van der Waals surface area contributed by atoms with Gasteiger partial charge < -0.3 is 15.3 Å². The summed E-state index contributed by atoms with van der Waals surface area (Å²) in [7, 11) is 0. The van der Waals surface area contributed by atoms with E-state index < -0.39 is 22.7 Å². The second-order valence-electron chi connectivity index (χ2n) is 3.14. The Labute approximate surface area is 84.7 Å². The zero-order valence-corrected chi connectivity index (χ0v) is 7.64. The third-order valence-corrected chi connectivity index (χ3v) is 2.17. The van der Waals surface area contributed by atoms with Crippen molar-refractivity contribution in [3.63, 3.8) is 0 Å². The van der Waals surface area contributed by atoms with E-state index in [1.165, 1.54) is 18.2 Å². The Morgan fingerprint density at radius 3 is 2.33 bits per heavy atom. The highest BCUT2D eigenvalue weighted by Gasteiger charge is 2.12. The van der Waals surface area contributed by atoms with Gasteiger partial charge in [0.25, 0.3) is 0 Å². The molecule has 15 heavy (non-hydrogen) atoms. The maximum atomic E-state index is 11.5. The number of hydrogen-bond acceptors (Lipinski definition) is 4. The molecule has 0 heterocycles. The van der Waals surface area contributed by atoms with Crippen molar-refractivity contribution in [2.75, 3.05) is 0 Å². The summed E-state index contributed by atoms with van der Waals surface area (Å²) >= 11 is 0. The van der Waals surface area contributed by atoms with Crippen LogP contribution < -0.4 is 5.43 Å². The number of fused-ring (bicyclic) bond motifs is 1. The van der Waals surface area contributed by atoms with E-state index in [2.05, 4.69) is 0 Å². The van der Waals surface area contributed by atoms with Crippen LogP contribution in [-0.4, -0.2) is 15.3 Å². The van der Waals surface area contributed by atoms with Gasteiger partial charge in [-0.1, -0.05) is 18.2 Å². The molecule has 0 bridgehead atoms. The first kappa shape index (κ1) is 9.33. The van der Waals surface area contributed by atoms with E-state index in [0.717, 1.165) is 0 Å². The lowest BCUT2D eigenvalue weighted by atomic mass is 10.1. The van der Waals surface area contributed by atoms with Crippen molar-refractivity contribution in [1.29, 1.82) is 0 Å². The Hall–Kier alpha value is -2.23. The molecular formula is C11H8O4. The van der Waals surface area contributed by atoms with Crippen molar-refractivity contribution in [1.82, 2.24) is 0 Å². The fourth-order valence-corrected chi connectivity index (χ4v) is 1.44. The lowest BCUT2D eigenvalue weighted by molar-refractivity contribution is 0.371. The molecule has 2 rings (SSSR count). The van der Waals surface area contributed by atoms with E-state index in [4.69, 9.17) is 0 Å². The predicted molar refractivity (Wildman–Crippen MR) is 55.2 cm³/mol. The third-order valence-electron chi connectivity index (χ3n) is 2.17. The minimum Gasteiger partial charge on any atom is -0.504 e. The summed E-state index contributed by atoms with van der Waals surface area (Å²) in [5, 5.41) is 28.4. The average molecular weight is 204 g/mol. The largest absolute Gasteiger partial charge is 0.504 e. The fourth-order valence-electron chi connectivity index (χ4n) is 1.44. The minimum atomic E-state index is -0.675. The standard InChI is InChI=1S/C11H8O4/c12-7-4-2-1-3-6-5-8(13)10(14)11(15)9(6)7/h1-5,13-15H. The molecule has 2 aromatic rings. The van der Waals surface area contributed by atoms with E-state index in [-0.39, 0.29) is 5.39 Å². The van der Waals surface area contributed by atoms with Gasteiger partial charge >= 0.3 is 0 Å². The second kappa shape index (κ2) is 3.16. The smallest absolute Gasteiger partial charge is 0.201 e. The predicted octanol–water partition coefficient (Wildman–Crippen LogP) is 1.32. The summed E-state index contributed by atoms with van der Waals surface area (Å²) < 4.78 is 0. The Kier molecular flexibility index (Phi) is 1.97. The topological polar surface area (TPSA) is 77.8 Å². The van der Waals surface area contributed by atoms with Gasteiger partial charge in [0.2, 0.25) is 5.75 Å². The molecule has 0 aliphatic carbocycles. The highest BCUT2D eigenvalue weighted by atomic mass is 16.3. The van der Waals surface area contributed by atoms with Gasteiger partial charge in [-0.05, 0) is 17.5 Å². The Balaban J connectivity index is 3.11. The van der Waals surface area contributed by atoms with Gasteiger partial charge in [-0.15, -0.1) is 0 Å². The normalized spacial score (nSPS) is 10.4. The molecule has 0 saturated heterocycles. The number of rotatable bonds is 0. The first-order valence-corrected chi connectivity index (χ1v) is 4.28. The molecule has 0 unspecified atom stereocenters. The van der Waals surface area contributed by atoms with Crippen LogP contribution in [0.25, 0.3) is 10.8 Å². The van der Waals surface area contributed by atoms with Gasteiger partial charge in [0.05, 0.1) is 5.39 Å². The number of aromatic hydroxyl groups is 3. The molecule has 0 atom stereocenters. The van der Waals surface area contributed by atoms with E-state index in [1.54, 1.807) is 12.1 Å². The van der Waals surface area contributed by atoms with Gasteiger partial charge in [0, 0.05) is 0 Å². The van der Waals surface area contributed by atoms with Crippen molar-refractivity contribution in [3.8, 4) is 17.2 Å². The summed E-state index contributed by atoms with van der Waals surface area (Å²) in [6.07, 6.45) is 0. The number of phenols is 3. The number of phenolic OH excluding ortho intramolecular Hbond substituents is 3. The van der Waals surface area contributed by atoms with Crippen molar-refractivity contribution in [2.24, 2.45) is 0 Å². The molecule has 76 valence electrons. The van der Waals surface area contributed by atoms with Crippen molar-refractivity contribution < 1.29 is 15.3 Å². The van der Waals surface area contributed by atoms with Crippen LogP contribution in [0.4, 0.5) is 0 Å². The molecule has 4 nitrogen and oxygen atoms in total. The first-order chi connectivity index (χ1) is 7.11. The molecule has 3 N–H and O–H groups in total. The molecule has 0 radical (unpaired) electrons. The highest BCUT2D eigenvalue weighted by molar-refractivity contribution is 5.91. The number of benzene rings is 1. The lowest BCUT2D eigenvalue weighted by Gasteiger charge is -2.02. The third kappa shape index (κ3) is 1.36. The van der Waals surface area contributed by atoms with Crippen LogP contribution in [0.3, 0.4) is 0 Å². The highest BCUT2D eigenvalue weighted by Crippen LogP contribution is 2.39. The summed E-state index contributed by atoms with van der Waals surface area (Å²) in [6.45, 7) is 0. The Morgan fingerprint density at radius 1 is 0.933 bits per heavy atom. The average Bonchev–Trinajstić information content (AvgIpc) is 2.37. The van der Waals surface area contributed by atoms with Gasteiger partial charge in [-0.3, -0.25) is 4.79 Å². The van der Waals surface area contributed by atoms with Crippen LogP contribution in [0.15, 0.2) is 35.1 Å². The molecule has 0 saturated carbocycles. The maximum absolute atomic E-state index is 11.5. The molecule has 0 aliphatic rings. The monoisotopic (exact) mass is 204 g/mol. The van der Waals surface area contributed by atoms with Gasteiger partial charge in [-0.25, -0.2) is 0 Å². The molecule has 4 heteroatoms. The molecule has 0 spiro atoms. The minimum absolute atomic E-state index is 0.00435. The molecule has 0 fully saturated rings. The van der Waals surface area contributed by atoms with Crippen molar-refractivity contribution in [2.45, 2.75) is 0 Å². The van der Waals surface area contributed by atoms with E-state index >= 15 is 0 Å². The zero-order chi connectivity index (χ0) is 11.0. The number of hydrogen-bond donors (Lipinski definition) is 3. The molecule has 0 aromatic heterocycles. The van der Waals surface area contributed by atoms with Crippen LogP contribution in [0.1, 0.15) is 0 Å². The van der Waals surface area contributed by atoms with Crippen molar-refractivity contribution in [3.05, 3.63) is 40.6 Å². The fraction of sp³-hybridized carbons (Fsp3) is 0. The summed E-state index contributed by atoms with van der Waals surface area (Å²) in [5.74, 6) is -1.72. The second-order valence-corrected chi connectivity index (χ2v) is 3.14. The summed E-state index contributed by atoms with van der Waals surface area (Å²) in [6, 6.07) is 7.20. The summed E-state index contributed by atoms with van der Waals surface area (Å²) in [4.78, 5) is 11.5. The van der Waals surface area contributed by atoms with Crippen LogP contribution in [0, 0.1) is 0 Å². The Morgan fingerprint density at radius 2 is 1.60 bits per heavy atom. The van der Waals surface area contributed by atoms with Crippen molar-refractivity contribution >= 4 is 10.8 Å². The maximum Gasteiger partial charge on any atom is 0.201 e. The summed E-state index contributed by atoms with van der Waals surface area (Å²) in [5.41, 5.74) is -0.414. The molecule has 0 aliphatic heterocycles. The van der Waals surface area contributed by atoms with E-state index in [9.17, 15) is 20.1 Å². The van der Waals surface area contributed by atoms with Gasteiger partial charge in [-0.2, -0.15) is 0 Å². The molecule has 2 aromatic carbocycles. The lowest BCUT2D eigenvalue weighted by Crippen LogP contribution is -1.95. The Bertz CT molecular complexity index is 590. The quantitative estimate of drug-likeness (QED) is 0.565. The van der Waals surface area contributed by atoms with Gasteiger partial charge in [0.15, 0.2) is 16.9 Å². The van der Waals surface area contributed by atoms with Crippen LogP contribution >= 0.6 is 0 Å². The van der Waals surface area contributed by atoms with Crippen LogP contribution in [0.5, 0.6) is 17.2 Å².